The van der Waals surface area contributed by atoms with E-state index in [1.807, 2.05) is 24.3 Å². The molecular weight excluding hydrogens is 352 g/mol. The Labute approximate surface area is 155 Å². The number of rotatable bonds is 4. The monoisotopic (exact) mass is 368 g/mol. The van der Waals surface area contributed by atoms with Gasteiger partial charge in [-0.3, -0.25) is 4.90 Å². The van der Waals surface area contributed by atoms with E-state index in [9.17, 15) is 4.79 Å². The minimum absolute atomic E-state index is 0.209. The fraction of sp³-hybridized carbons (Fsp3) is 0.200. The van der Waals surface area contributed by atoms with E-state index in [0.717, 1.165) is 42.2 Å². The topological polar surface area (TPSA) is 66.6 Å². The predicted molar refractivity (Wildman–Crippen MR) is 100 cm³/mol. The van der Waals surface area contributed by atoms with Gasteiger partial charge in [0.15, 0.2) is 5.58 Å². The van der Waals surface area contributed by atoms with Crippen molar-refractivity contribution in [2.75, 3.05) is 13.1 Å². The summed E-state index contributed by atoms with van der Waals surface area (Å²) >= 11 is 6.24. The van der Waals surface area contributed by atoms with E-state index in [0.29, 0.717) is 17.0 Å². The van der Waals surface area contributed by atoms with E-state index in [1.54, 1.807) is 6.07 Å². The lowest BCUT2D eigenvalue weighted by Gasteiger charge is -2.25. The second-order valence-corrected chi connectivity index (χ2v) is 6.72. The number of benzene rings is 2. The second kappa shape index (κ2) is 6.94. The van der Waals surface area contributed by atoms with Crippen molar-refractivity contribution in [1.82, 2.24) is 9.88 Å². The standard InChI is InChI=1S/C20H17ClN2O3/c21-16-4-2-1-3-15(16)12-23-9-7-13(8-10-23)19-22-17-11-14(20(24)25)5-6-18(17)26-19/h1-7,11H,8-10,12H2,(H,24,25). The van der Waals surface area contributed by atoms with Gasteiger partial charge in [0.05, 0.1) is 5.56 Å². The third kappa shape index (κ3) is 3.36. The van der Waals surface area contributed by atoms with Crippen LogP contribution >= 0.6 is 11.6 Å². The number of fused-ring (bicyclic) bond motifs is 1. The Kier molecular flexibility index (Phi) is 4.49. The van der Waals surface area contributed by atoms with Crippen LogP contribution in [0, 0.1) is 0 Å². The first-order valence-electron chi connectivity index (χ1n) is 8.39. The summed E-state index contributed by atoms with van der Waals surface area (Å²) in [5.41, 5.74) is 3.55. The number of hydrogen-bond acceptors (Lipinski definition) is 4. The molecule has 0 unspecified atom stereocenters. The van der Waals surface area contributed by atoms with Gasteiger partial charge < -0.3 is 9.52 Å². The first-order chi connectivity index (χ1) is 12.6. The van der Waals surface area contributed by atoms with Crippen LogP contribution in [0.25, 0.3) is 16.7 Å². The largest absolute Gasteiger partial charge is 0.478 e. The summed E-state index contributed by atoms with van der Waals surface area (Å²) in [6, 6.07) is 12.6. The number of halogens is 1. The zero-order valence-corrected chi connectivity index (χ0v) is 14.7. The molecule has 3 aromatic rings. The fourth-order valence-corrected chi connectivity index (χ4v) is 3.31. The van der Waals surface area contributed by atoms with E-state index < -0.39 is 5.97 Å². The zero-order chi connectivity index (χ0) is 18.1. The Balaban J connectivity index is 1.51. The molecule has 0 fully saturated rings. The smallest absolute Gasteiger partial charge is 0.335 e. The van der Waals surface area contributed by atoms with E-state index in [-0.39, 0.29) is 5.56 Å². The number of hydrogen-bond donors (Lipinski definition) is 1. The summed E-state index contributed by atoms with van der Waals surface area (Å²) in [4.78, 5) is 17.9. The minimum Gasteiger partial charge on any atom is -0.478 e. The molecule has 4 rings (SSSR count). The van der Waals surface area contributed by atoms with E-state index >= 15 is 0 Å². The molecule has 1 N–H and O–H groups in total. The summed E-state index contributed by atoms with van der Waals surface area (Å²) < 4.78 is 5.80. The van der Waals surface area contributed by atoms with Gasteiger partial charge in [0, 0.05) is 30.2 Å². The average Bonchev–Trinajstić information content (AvgIpc) is 3.07. The quantitative estimate of drug-likeness (QED) is 0.736. The van der Waals surface area contributed by atoms with Crippen LogP contribution in [0.4, 0.5) is 0 Å². The molecule has 132 valence electrons. The average molecular weight is 369 g/mol. The van der Waals surface area contributed by atoms with Gasteiger partial charge in [-0.2, -0.15) is 0 Å². The van der Waals surface area contributed by atoms with Crippen molar-refractivity contribution < 1.29 is 14.3 Å². The molecule has 26 heavy (non-hydrogen) atoms. The van der Waals surface area contributed by atoms with Crippen LogP contribution in [0.3, 0.4) is 0 Å². The van der Waals surface area contributed by atoms with Crippen molar-refractivity contribution in [3.63, 3.8) is 0 Å². The fourth-order valence-electron chi connectivity index (χ4n) is 3.11. The van der Waals surface area contributed by atoms with E-state index in [1.165, 1.54) is 12.1 Å². The summed E-state index contributed by atoms with van der Waals surface area (Å²) in [6.45, 7) is 2.48. The van der Waals surface area contributed by atoms with Crippen molar-refractivity contribution in [3.8, 4) is 0 Å². The number of nitrogens with zero attached hydrogens (tertiary/aromatic N) is 2. The van der Waals surface area contributed by atoms with Gasteiger partial charge >= 0.3 is 5.97 Å². The van der Waals surface area contributed by atoms with Crippen LogP contribution < -0.4 is 0 Å². The molecule has 2 heterocycles. The summed E-state index contributed by atoms with van der Waals surface area (Å²) in [7, 11) is 0. The van der Waals surface area contributed by atoms with Crippen LogP contribution in [-0.4, -0.2) is 34.0 Å². The predicted octanol–water partition coefficient (Wildman–Crippen LogP) is 4.47. The van der Waals surface area contributed by atoms with Crippen molar-refractivity contribution >= 4 is 34.2 Å². The maximum absolute atomic E-state index is 11.1. The highest BCUT2D eigenvalue weighted by atomic mass is 35.5. The SMILES string of the molecule is O=C(O)c1ccc2oc(C3=CCN(Cc4ccccc4Cl)CC3)nc2c1. The Morgan fingerprint density at radius 2 is 2.12 bits per heavy atom. The molecule has 0 radical (unpaired) electrons. The highest BCUT2D eigenvalue weighted by Gasteiger charge is 2.18. The molecule has 6 heteroatoms. The highest BCUT2D eigenvalue weighted by molar-refractivity contribution is 6.31. The van der Waals surface area contributed by atoms with Gasteiger partial charge in [-0.1, -0.05) is 35.9 Å². The van der Waals surface area contributed by atoms with Crippen LogP contribution in [-0.2, 0) is 6.54 Å². The van der Waals surface area contributed by atoms with Crippen LogP contribution in [0.5, 0.6) is 0 Å². The van der Waals surface area contributed by atoms with E-state index in [2.05, 4.69) is 16.0 Å². The third-order valence-electron chi connectivity index (χ3n) is 4.55. The number of oxazole rings is 1. The van der Waals surface area contributed by atoms with Gasteiger partial charge in [-0.15, -0.1) is 0 Å². The second-order valence-electron chi connectivity index (χ2n) is 6.31. The Morgan fingerprint density at radius 1 is 1.27 bits per heavy atom. The molecular formula is C20H17ClN2O3. The molecule has 0 saturated carbocycles. The maximum Gasteiger partial charge on any atom is 0.335 e. The van der Waals surface area contributed by atoms with Gasteiger partial charge in [0.1, 0.15) is 5.52 Å². The van der Waals surface area contributed by atoms with Crippen molar-refractivity contribution in [1.29, 1.82) is 0 Å². The van der Waals surface area contributed by atoms with Crippen molar-refractivity contribution in [2.45, 2.75) is 13.0 Å². The van der Waals surface area contributed by atoms with Crippen LogP contribution in [0.2, 0.25) is 5.02 Å². The number of aromatic nitrogens is 1. The number of carbonyl (C=O) groups is 1. The van der Waals surface area contributed by atoms with Crippen molar-refractivity contribution in [2.24, 2.45) is 0 Å². The lowest BCUT2D eigenvalue weighted by Crippen LogP contribution is -2.28. The van der Waals surface area contributed by atoms with Gasteiger partial charge in [0.25, 0.3) is 0 Å². The maximum atomic E-state index is 11.1. The van der Waals surface area contributed by atoms with Crippen molar-refractivity contribution in [3.05, 3.63) is 70.6 Å². The number of carboxylic acids is 1. The minimum atomic E-state index is -0.969. The number of aromatic carboxylic acids is 1. The zero-order valence-electron chi connectivity index (χ0n) is 14.0. The summed E-state index contributed by atoms with van der Waals surface area (Å²) in [6.07, 6.45) is 2.94. The van der Waals surface area contributed by atoms with Crippen LogP contribution in [0.1, 0.15) is 28.2 Å². The lowest BCUT2D eigenvalue weighted by molar-refractivity contribution is 0.0697. The Bertz CT molecular complexity index is 1010. The number of carboxylic acid groups (broad SMARTS) is 1. The molecule has 1 aromatic heterocycles. The first-order valence-corrected chi connectivity index (χ1v) is 8.77. The summed E-state index contributed by atoms with van der Waals surface area (Å²) in [5, 5.41) is 9.87. The molecule has 5 nitrogen and oxygen atoms in total. The van der Waals surface area contributed by atoms with Gasteiger partial charge in [-0.25, -0.2) is 9.78 Å². The van der Waals surface area contributed by atoms with Gasteiger partial charge in [-0.05, 0) is 36.2 Å². The Hall–Kier alpha value is -2.63. The highest BCUT2D eigenvalue weighted by Crippen LogP contribution is 2.27. The van der Waals surface area contributed by atoms with Gasteiger partial charge in [0.2, 0.25) is 5.89 Å². The Morgan fingerprint density at radius 3 is 2.85 bits per heavy atom. The molecule has 1 aliphatic rings. The molecule has 0 saturated heterocycles. The summed E-state index contributed by atoms with van der Waals surface area (Å²) in [5.74, 6) is -0.400. The molecule has 0 amide bonds. The molecule has 0 spiro atoms. The normalized spacial score (nSPS) is 15.2. The lowest BCUT2D eigenvalue weighted by atomic mass is 10.1. The molecule has 0 aliphatic carbocycles. The molecule has 0 atom stereocenters. The molecule has 2 aromatic carbocycles. The van der Waals surface area contributed by atoms with E-state index in [4.69, 9.17) is 21.1 Å². The molecule has 0 bridgehead atoms. The molecule has 1 aliphatic heterocycles. The first kappa shape index (κ1) is 16.8. The third-order valence-corrected chi connectivity index (χ3v) is 4.92. The van der Waals surface area contributed by atoms with Crippen LogP contribution in [0.15, 0.2) is 53.0 Å².